The van der Waals surface area contributed by atoms with E-state index in [0.717, 1.165) is 25.3 Å². The second-order valence-electron chi connectivity index (χ2n) is 4.38. The van der Waals surface area contributed by atoms with Crippen molar-refractivity contribution in [3.8, 4) is 0 Å². The monoisotopic (exact) mass is 239 g/mol. The van der Waals surface area contributed by atoms with Gasteiger partial charge in [-0.25, -0.2) is 4.68 Å². The van der Waals surface area contributed by atoms with Gasteiger partial charge in [-0.05, 0) is 29.8 Å². The van der Waals surface area contributed by atoms with E-state index in [1.165, 1.54) is 0 Å². The zero-order valence-corrected chi connectivity index (χ0v) is 9.91. The van der Waals surface area contributed by atoms with E-state index in [2.05, 4.69) is 27.3 Å². The van der Waals surface area contributed by atoms with Gasteiger partial charge in [0, 0.05) is 13.1 Å². The largest absolute Gasteiger partial charge is 0.481 e. The van der Waals surface area contributed by atoms with E-state index in [-0.39, 0.29) is 5.92 Å². The average Bonchev–Trinajstić information content (AvgIpc) is 2.90. The molecule has 1 aromatic heterocycles. The molecular weight excluding hydrogens is 222 g/mol. The molecule has 2 heterocycles. The molecule has 0 bridgehead atoms. The van der Waals surface area contributed by atoms with E-state index in [9.17, 15) is 4.79 Å². The van der Waals surface area contributed by atoms with Crippen LogP contribution in [0.1, 0.15) is 25.6 Å². The van der Waals surface area contributed by atoms with Crippen LogP contribution >= 0.6 is 0 Å². The molecule has 0 spiro atoms. The molecule has 0 aromatic carbocycles. The van der Waals surface area contributed by atoms with Gasteiger partial charge >= 0.3 is 5.97 Å². The minimum Gasteiger partial charge on any atom is -0.481 e. The topological polar surface area (TPSA) is 84.1 Å². The Morgan fingerprint density at radius 1 is 1.59 bits per heavy atom. The molecular formula is C10H17N5O2. The van der Waals surface area contributed by atoms with Gasteiger partial charge in [-0.1, -0.05) is 6.92 Å². The zero-order chi connectivity index (χ0) is 12.3. The third kappa shape index (κ3) is 2.79. The van der Waals surface area contributed by atoms with E-state index in [0.29, 0.717) is 19.5 Å². The number of aromatic nitrogens is 4. The standard InChI is InChI=1S/C10H17N5O2/c1-2-4-15-9(11-12-13-15)7-14-5-3-8(6-14)10(16)17/h8H,2-7H2,1H3,(H,16,17). The highest BCUT2D eigenvalue weighted by Gasteiger charge is 2.28. The van der Waals surface area contributed by atoms with E-state index in [1.807, 2.05) is 0 Å². The smallest absolute Gasteiger partial charge is 0.307 e. The van der Waals surface area contributed by atoms with Gasteiger partial charge in [0.1, 0.15) is 0 Å². The van der Waals surface area contributed by atoms with Crippen molar-refractivity contribution in [3.05, 3.63) is 5.82 Å². The zero-order valence-electron chi connectivity index (χ0n) is 9.91. The third-order valence-corrected chi connectivity index (χ3v) is 3.03. The molecule has 1 atom stereocenters. The summed E-state index contributed by atoms with van der Waals surface area (Å²) in [5.41, 5.74) is 0. The molecule has 7 heteroatoms. The highest BCUT2D eigenvalue weighted by molar-refractivity contribution is 5.70. The van der Waals surface area contributed by atoms with Crippen molar-refractivity contribution in [2.45, 2.75) is 32.9 Å². The molecule has 17 heavy (non-hydrogen) atoms. The number of carboxylic acid groups (broad SMARTS) is 1. The maximum absolute atomic E-state index is 10.8. The summed E-state index contributed by atoms with van der Waals surface area (Å²) in [5, 5.41) is 20.5. The fraction of sp³-hybridized carbons (Fsp3) is 0.800. The molecule has 7 nitrogen and oxygen atoms in total. The molecule has 1 unspecified atom stereocenters. The second kappa shape index (κ2) is 5.22. The van der Waals surface area contributed by atoms with Gasteiger partial charge in [-0.3, -0.25) is 9.69 Å². The first-order valence-corrected chi connectivity index (χ1v) is 5.91. The van der Waals surface area contributed by atoms with Gasteiger partial charge in [-0.2, -0.15) is 0 Å². The number of likely N-dealkylation sites (tertiary alicyclic amines) is 1. The summed E-state index contributed by atoms with van der Waals surface area (Å²) in [6.07, 6.45) is 1.69. The lowest BCUT2D eigenvalue weighted by molar-refractivity contribution is -0.141. The van der Waals surface area contributed by atoms with Crippen molar-refractivity contribution in [2.24, 2.45) is 5.92 Å². The van der Waals surface area contributed by atoms with Gasteiger partial charge in [0.15, 0.2) is 5.82 Å². The van der Waals surface area contributed by atoms with E-state index >= 15 is 0 Å². The molecule has 0 amide bonds. The van der Waals surface area contributed by atoms with Crippen LogP contribution in [0.5, 0.6) is 0 Å². The van der Waals surface area contributed by atoms with Crippen LogP contribution in [0.4, 0.5) is 0 Å². The molecule has 1 aliphatic rings. The summed E-state index contributed by atoms with van der Waals surface area (Å²) >= 11 is 0. The van der Waals surface area contributed by atoms with Crippen LogP contribution in [0, 0.1) is 5.92 Å². The molecule has 1 N–H and O–H groups in total. The normalized spacial score (nSPS) is 20.9. The lowest BCUT2D eigenvalue weighted by Gasteiger charge is -2.14. The van der Waals surface area contributed by atoms with E-state index in [1.54, 1.807) is 4.68 Å². The molecule has 1 saturated heterocycles. The lowest BCUT2D eigenvalue weighted by Crippen LogP contribution is -2.24. The van der Waals surface area contributed by atoms with Crippen molar-refractivity contribution in [1.29, 1.82) is 0 Å². The Morgan fingerprint density at radius 2 is 2.41 bits per heavy atom. The summed E-state index contributed by atoms with van der Waals surface area (Å²) < 4.78 is 1.79. The Labute approximate surface area is 99.4 Å². The van der Waals surface area contributed by atoms with Crippen molar-refractivity contribution in [2.75, 3.05) is 13.1 Å². The Balaban J connectivity index is 1.93. The van der Waals surface area contributed by atoms with Gasteiger partial charge in [0.05, 0.1) is 12.5 Å². The third-order valence-electron chi connectivity index (χ3n) is 3.03. The van der Waals surface area contributed by atoms with Crippen LogP contribution < -0.4 is 0 Å². The van der Waals surface area contributed by atoms with Gasteiger partial charge in [-0.15, -0.1) is 5.10 Å². The first kappa shape index (κ1) is 12.0. The van der Waals surface area contributed by atoms with E-state index in [4.69, 9.17) is 5.11 Å². The fourth-order valence-electron chi connectivity index (χ4n) is 2.10. The van der Waals surface area contributed by atoms with Crippen molar-refractivity contribution in [1.82, 2.24) is 25.1 Å². The minimum absolute atomic E-state index is 0.245. The maximum Gasteiger partial charge on any atom is 0.307 e. The first-order valence-electron chi connectivity index (χ1n) is 5.91. The van der Waals surface area contributed by atoms with Crippen molar-refractivity contribution < 1.29 is 9.90 Å². The number of aliphatic carboxylic acids is 1. The van der Waals surface area contributed by atoms with Crippen LogP contribution in [0.2, 0.25) is 0 Å². The van der Waals surface area contributed by atoms with Crippen LogP contribution in [-0.4, -0.2) is 49.3 Å². The summed E-state index contributed by atoms with van der Waals surface area (Å²) in [6, 6.07) is 0. The molecule has 0 radical (unpaired) electrons. The summed E-state index contributed by atoms with van der Waals surface area (Å²) in [6.45, 7) is 4.90. The molecule has 1 aliphatic heterocycles. The highest BCUT2D eigenvalue weighted by Crippen LogP contribution is 2.17. The van der Waals surface area contributed by atoms with Gasteiger partial charge < -0.3 is 5.11 Å². The Morgan fingerprint density at radius 3 is 3.06 bits per heavy atom. The highest BCUT2D eigenvalue weighted by atomic mass is 16.4. The van der Waals surface area contributed by atoms with Crippen molar-refractivity contribution >= 4 is 5.97 Å². The van der Waals surface area contributed by atoms with Crippen LogP contribution in [0.3, 0.4) is 0 Å². The number of carboxylic acids is 1. The molecule has 0 aliphatic carbocycles. The first-order chi connectivity index (χ1) is 8.20. The fourth-order valence-corrected chi connectivity index (χ4v) is 2.10. The Kier molecular flexibility index (Phi) is 3.68. The summed E-state index contributed by atoms with van der Waals surface area (Å²) in [7, 11) is 0. The van der Waals surface area contributed by atoms with Crippen LogP contribution in [0.15, 0.2) is 0 Å². The number of aryl methyl sites for hydroxylation is 1. The summed E-state index contributed by atoms with van der Waals surface area (Å²) in [4.78, 5) is 12.9. The molecule has 0 saturated carbocycles. The number of nitrogens with zero attached hydrogens (tertiary/aromatic N) is 5. The van der Waals surface area contributed by atoms with E-state index < -0.39 is 5.97 Å². The molecule has 94 valence electrons. The number of carbonyl (C=O) groups is 1. The summed E-state index contributed by atoms with van der Waals surface area (Å²) in [5.74, 6) is -0.135. The number of hydrogen-bond donors (Lipinski definition) is 1. The predicted molar refractivity (Wildman–Crippen MR) is 59.1 cm³/mol. The number of rotatable bonds is 5. The van der Waals surface area contributed by atoms with Crippen LogP contribution in [0.25, 0.3) is 0 Å². The maximum atomic E-state index is 10.8. The van der Waals surface area contributed by atoms with Gasteiger partial charge in [0.25, 0.3) is 0 Å². The Bertz CT molecular complexity index is 392. The SMILES string of the molecule is CCCn1nnnc1CN1CCC(C(=O)O)C1. The molecule has 2 rings (SSSR count). The number of tetrazole rings is 1. The second-order valence-corrected chi connectivity index (χ2v) is 4.38. The predicted octanol–water partition coefficient (Wildman–Crippen LogP) is -0.0104. The molecule has 1 fully saturated rings. The van der Waals surface area contributed by atoms with Gasteiger partial charge in [0.2, 0.25) is 0 Å². The van der Waals surface area contributed by atoms with Crippen LogP contribution in [-0.2, 0) is 17.9 Å². The van der Waals surface area contributed by atoms with Crippen molar-refractivity contribution in [3.63, 3.8) is 0 Å². The number of hydrogen-bond acceptors (Lipinski definition) is 5. The lowest BCUT2D eigenvalue weighted by atomic mass is 10.1. The average molecular weight is 239 g/mol. The Hall–Kier alpha value is -1.50. The molecule has 1 aromatic rings. The quantitative estimate of drug-likeness (QED) is 0.778. The minimum atomic E-state index is -0.708.